The lowest BCUT2D eigenvalue weighted by molar-refractivity contribution is -0.144. The molecule has 230 valence electrons. The van der Waals surface area contributed by atoms with E-state index < -0.39 is 28.8 Å². The first-order valence-corrected chi connectivity index (χ1v) is 14.5. The van der Waals surface area contributed by atoms with Crippen molar-refractivity contribution >= 4 is 23.9 Å². The minimum absolute atomic E-state index is 0.0899. The van der Waals surface area contributed by atoms with Crippen molar-refractivity contribution in [1.29, 1.82) is 0 Å². The van der Waals surface area contributed by atoms with Gasteiger partial charge in [-0.05, 0) is 68.5 Å². The highest BCUT2D eigenvalue weighted by Gasteiger charge is 2.46. The molecule has 5 rings (SSSR count). The summed E-state index contributed by atoms with van der Waals surface area (Å²) in [5.74, 6) is -2.62. The number of carbonyl (C=O) groups excluding carboxylic acids is 3. The molecule has 0 radical (unpaired) electrons. The predicted molar refractivity (Wildman–Crippen MR) is 161 cm³/mol. The molecule has 4 N–H and O–H groups in total. The number of hydrogen-bond donors (Lipinski definition) is 4. The maximum Gasteiger partial charge on any atom is 0.410 e. The number of nitrogens with zero attached hydrogens (tertiary/aromatic N) is 2. The largest absolute Gasteiger partial charge is 0.505 e. The molecule has 44 heavy (non-hydrogen) atoms. The molecule has 0 unspecified atom stereocenters. The molecule has 3 aromatic rings. The Morgan fingerprint density at radius 1 is 0.932 bits per heavy atom. The van der Waals surface area contributed by atoms with E-state index in [1.54, 1.807) is 29.2 Å². The van der Waals surface area contributed by atoms with Crippen LogP contribution in [0.5, 0.6) is 5.75 Å². The average Bonchev–Trinajstić information content (AvgIpc) is 3.36. The highest BCUT2D eigenvalue weighted by Crippen LogP contribution is 2.34. The number of carboxylic acids is 1. The van der Waals surface area contributed by atoms with Crippen molar-refractivity contribution in [2.24, 2.45) is 0 Å². The van der Waals surface area contributed by atoms with Gasteiger partial charge in [-0.1, -0.05) is 36.4 Å². The van der Waals surface area contributed by atoms with E-state index in [-0.39, 0.29) is 36.6 Å². The summed E-state index contributed by atoms with van der Waals surface area (Å²) >= 11 is 0. The number of carboxylic acid groups (broad SMARTS) is 1. The minimum atomic E-state index is -1.55. The van der Waals surface area contributed by atoms with Crippen LogP contribution in [-0.2, 0) is 22.4 Å². The van der Waals surface area contributed by atoms with Gasteiger partial charge in [0.2, 0.25) is 0 Å². The van der Waals surface area contributed by atoms with Crippen LogP contribution in [0.25, 0.3) is 11.1 Å². The summed E-state index contributed by atoms with van der Waals surface area (Å²) in [5.41, 5.74) is 0.548. The zero-order valence-corrected chi connectivity index (χ0v) is 24.9. The van der Waals surface area contributed by atoms with Crippen molar-refractivity contribution in [2.45, 2.75) is 63.6 Å². The summed E-state index contributed by atoms with van der Waals surface area (Å²) in [4.78, 5) is 56.4. The second kappa shape index (κ2) is 12.0. The Morgan fingerprint density at radius 2 is 1.55 bits per heavy atom. The lowest BCUT2D eigenvalue weighted by Crippen LogP contribution is -2.55. The van der Waals surface area contributed by atoms with Crippen LogP contribution in [0.3, 0.4) is 0 Å². The molecule has 3 amide bonds. The number of rotatable bonds is 6. The number of aromatic hydroxyl groups is 1. The number of ether oxygens (including phenoxy) is 1. The number of amides is 3. The Balaban J connectivity index is 1.23. The maximum atomic E-state index is 13.2. The zero-order chi connectivity index (χ0) is 31.6. The van der Waals surface area contributed by atoms with Crippen molar-refractivity contribution in [3.8, 4) is 16.9 Å². The van der Waals surface area contributed by atoms with Crippen molar-refractivity contribution in [2.75, 3.05) is 13.1 Å². The van der Waals surface area contributed by atoms with E-state index in [2.05, 4.69) is 15.6 Å². The van der Waals surface area contributed by atoms with E-state index in [0.29, 0.717) is 42.6 Å². The molecule has 0 bridgehead atoms. The summed E-state index contributed by atoms with van der Waals surface area (Å²) in [7, 11) is 0. The number of piperidine rings is 1. The van der Waals surface area contributed by atoms with Gasteiger partial charge in [0.25, 0.3) is 11.8 Å². The third-order valence-corrected chi connectivity index (χ3v) is 7.94. The summed E-state index contributed by atoms with van der Waals surface area (Å²) in [6, 6.07) is 15.3. The summed E-state index contributed by atoms with van der Waals surface area (Å²) in [6.07, 6.45) is 2.46. The number of likely N-dealkylation sites (tertiary alicyclic amines) is 1. The van der Waals surface area contributed by atoms with Crippen LogP contribution >= 0.6 is 0 Å². The fourth-order valence-corrected chi connectivity index (χ4v) is 5.64. The number of aliphatic carboxylic acids is 1. The lowest BCUT2D eigenvalue weighted by Gasteiger charge is -2.33. The van der Waals surface area contributed by atoms with Crippen LogP contribution in [0.1, 0.15) is 65.6 Å². The Kier molecular flexibility index (Phi) is 8.31. The molecule has 11 nitrogen and oxygen atoms in total. The topological polar surface area (TPSA) is 158 Å². The van der Waals surface area contributed by atoms with Gasteiger partial charge in [-0.3, -0.25) is 9.59 Å². The van der Waals surface area contributed by atoms with E-state index in [0.717, 1.165) is 11.1 Å². The summed E-state index contributed by atoms with van der Waals surface area (Å²) in [6.45, 7) is 6.43. The number of carbonyl (C=O) groups is 4. The summed E-state index contributed by atoms with van der Waals surface area (Å²) < 4.78 is 5.43. The molecule has 2 heterocycles. The van der Waals surface area contributed by atoms with Gasteiger partial charge in [-0.2, -0.15) is 0 Å². The van der Waals surface area contributed by atoms with Crippen LogP contribution in [0, 0.1) is 0 Å². The van der Waals surface area contributed by atoms with Crippen molar-refractivity contribution in [3.63, 3.8) is 0 Å². The molecule has 1 aromatic heterocycles. The first-order chi connectivity index (χ1) is 20.8. The summed E-state index contributed by atoms with van der Waals surface area (Å²) in [5, 5.41) is 26.7. The standard InChI is InChI=1S/C33H36N4O7/c1-32(2,3)44-31(43)37-16-13-24(14-17-37)35-28(39)21-10-8-20(9-11-21)25-12-15-34-26(27(25)38)29(40)36-33(30(41)42)18-22-6-4-5-7-23(22)19-33/h4-12,15,24,38H,13-14,16-19H2,1-3H3,(H,35,39)(H,36,40)(H,41,42). The number of benzene rings is 2. The zero-order valence-electron chi connectivity index (χ0n) is 24.9. The van der Waals surface area contributed by atoms with Crippen LogP contribution in [-0.4, -0.2) is 74.2 Å². The van der Waals surface area contributed by atoms with Crippen LogP contribution in [0.2, 0.25) is 0 Å². The van der Waals surface area contributed by atoms with E-state index in [1.165, 1.54) is 12.3 Å². The molecular formula is C33H36N4O7. The highest BCUT2D eigenvalue weighted by molar-refractivity contribution is 6.01. The van der Waals surface area contributed by atoms with Crippen molar-refractivity contribution < 1.29 is 34.1 Å². The Labute approximate surface area is 255 Å². The molecule has 0 atom stereocenters. The quantitative estimate of drug-likeness (QED) is 0.331. The van der Waals surface area contributed by atoms with Gasteiger partial charge in [-0.25, -0.2) is 14.6 Å². The molecule has 0 saturated carbocycles. The van der Waals surface area contributed by atoms with Crippen molar-refractivity contribution in [3.05, 3.63) is 83.2 Å². The van der Waals surface area contributed by atoms with Gasteiger partial charge in [0, 0.05) is 49.3 Å². The van der Waals surface area contributed by atoms with E-state index in [1.807, 2.05) is 45.0 Å². The second-order valence-electron chi connectivity index (χ2n) is 12.3. The molecule has 1 fully saturated rings. The Bertz CT molecular complexity index is 1560. The third-order valence-electron chi connectivity index (χ3n) is 7.94. The monoisotopic (exact) mass is 600 g/mol. The molecule has 2 aliphatic rings. The number of fused-ring (bicyclic) bond motifs is 1. The molecule has 11 heteroatoms. The van der Waals surface area contributed by atoms with Crippen molar-refractivity contribution in [1.82, 2.24) is 20.5 Å². The Hall–Kier alpha value is -4.93. The van der Waals surface area contributed by atoms with E-state index >= 15 is 0 Å². The van der Waals surface area contributed by atoms with Gasteiger partial charge in [-0.15, -0.1) is 0 Å². The van der Waals surface area contributed by atoms with Gasteiger partial charge < -0.3 is 30.5 Å². The van der Waals surface area contributed by atoms with E-state index in [9.17, 15) is 29.4 Å². The normalized spacial score (nSPS) is 16.1. The van der Waals surface area contributed by atoms with Gasteiger partial charge >= 0.3 is 12.1 Å². The third kappa shape index (κ3) is 6.51. The number of aromatic nitrogens is 1. The first-order valence-electron chi connectivity index (χ1n) is 14.5. The van der Waals surface area contributed by atoms with E-state index in [4.69, 9.17) is 4.74 Å². The van der Waals surface area contributed by atoms with Crippen LogP contribution in [0.15, 0.2) is 60.8 Å². The molecule has 1 saturated heterocycles. The fraction of sp³-hybridized carbons (Fsp3) is 0.364. The molecule has 1 aliphatic carbocycles. The fourth-order valence-electron chi connectivity index (χ4n) is 5.64. The molecule has 2 aromatic carbocycles. The predicted octanol–water partition coefficient (Wildman–Crippen LogP) is 3.94. The number of hydrogen-bond acceptors (Lipinski definition) is 7. The smallest absolute Gasteiger partial charge is 0.410 e. The van der Waals surface area contributed by atoms with Crippen LogP contribution < -0.4 is 10.6 Å². The number of nitrogens with one attached hydrogen (secondary N) is 2. The first kappa shape index (κ1) is 30.5. The van der Waals surface area contributed by atoms with Crippen LogP contribution in [0.4, 0.5) is 4.79 Å². The van der Waals surface area contributed by atoms with Gasteiger partial charge in [0.1, 0.15) is 11.1 Å². The van der Waals surface area contributed by atoms with Gasteiger partial charge in [0.15, 0.2) is 11.4 Å². The Morgan fingerprint density at radius 3 is 2.11 bits per heavy atom. The maximum absolute atomic E-state index is 13.2. The lowest BCUT2D eigenvalue weighted by atomic mass is 9.95. The van der Waals surface area contributed by atoms with Gasteiger partial charge in [0.05, 0.1) is 0 Å². The molecule has 1 aliphatic heterocycles. The SMILES string of the molecule is CC(C)(C)OC(=O)N1CCC(NC(=O)c2ccc(-c3ccnc(C(=O)NC4(C(=O)O)Cc5ccccc5C4)c3O)cc2)CC1. The molecular weight excluding hydrogens is 564 g/mol. The minimum Gasteiger partial charge on any atom is -0.505 e. The molecule has 0 spiro atoms. The average molecular weight is 601 g/mol. The highest BCUT2D eigenvalue weighted by atomic mass is 16.6. The number of pyridine rings is 1. The second-order valence-corrected chi connectivity index (χ2v) is 12.3.